The first-order valence-corrected chi connectivity index (χ1v) is 5.30. The molecule has 2 N–H and O–H groups in total. The summed E-state index contributed by atoms with van der Waals surface area (Å²) in [6.07, 6.45) is 1.38. The van der Waals surface area contributed by atoms with E-state index in [-0.39, 0.29) is 0 Å². The van der Waals surface area contributed by atoms with Gasteiger partial charge in [-0.15, -0.1) is 0 Å². The van der Waals surface area contributed by atoms with E-state index in [4.69, 9.17) is 14.2 Å². The number of alkyl halides is 2. The van der Waals surface area contributed by atoms with Crippen LogP contribution in [-0.2, 0) is 5.66 Å². The highest BCUT2D eigenvalue weighted by molar-refractivity contribution is 7.46. The fourth-order valence-electron chi connectivity index (χ4n) is 1.27. The maximum atomic E-state index is 13.2. The molecular weight excluding hydrogens is 225 g/mol. The Morgan fingerprint density at radius 1 is 1.20 bits per heavy atom. The van der Waals surface area contributed by atoms with Crippen LogP contribution in [0.3, 0.4) is 0 Å². The Hall–Kier alpha value is -1.03. The van der Waals surface area contributed by atoms with E-state index in [0.717, 1.165) is 6.07 Å². The summed E-state index contributed by atoms with van der Waals surface area (Å²) >= 11 is 0. The summed E-state index contributed by atoms with van der Waals surface area (Å²) in [6, 6.07) is 5.21. The van der Waals surface area contributed by atoms with Crippen molar-refractivity contribution in [2.24, 2.45) is 0 Å². The summed E-state index contributed by atoms with van der Waals surface area (Å²) in [4.78, 5) is 17.2. The van der Waals surface area contributed by atoms with E-state index >= 15 is 0 Å². The predicted molar refractivity (Wildman–Crippen MR) is 51.5 cm³/mol. The second kappa shape index (κ2) is 3.52. The summed E-state index contributed by atoms with van der Waals surface area (Å²) in [6.45, 7) is 0. The number of hydrogen-bond donors (Lipinski definition) is 2. The third-order valence-corrected chi connectivity index (χ3v) is 2.81. The minimum absolute atomic E-state index is 0.424. The lowest BCUT2D eigenvalue weighted by molar-refractivity contribution is 0.0734. The zero-order valence-corrected chi connectivity index (χ0v) is 8.29. The van der Waals surface area contributed by atoms with Crippen LogP contribution in [0.4, 0.5) is 8.78 Å². The van der Waals surface area contributed by atoms with Gasteiger partial charge in [-0.25, -0.2) is 0 Å². The summed E-state index contributed by atoms with van der Waals surface area (Å²) in [5.74, 6) is 0. The van der Waals surface area contributed by atoms with Crippen LogP contribution in [0.2, 0.25) is 0 Å². The molecule has 0 unspecified atom stereocenters. The Balaban J connectivity index is 2.52. The highest BCUT2D eigenvalue weighted by Gasteiger charge is 2.40. The predicted octanol–water partition coefficient (Wildman–Crippen LogP) is 2.78. The number of fused-ring (bicyclic) bond motifs is 1. The van der Waals surface area contributed by atoms with E-state index in [1.54, 1.807) is 0 Å². The van der Waals surface area contributed by atoms with Crippen LogP contribution in [0.5, 0.6) is 0 Å². The minimum atomic E-state index is -3.61. The van der Waals surface area contributed by atoms with Gasteiger partial charge in [0, 0.05) is 10.9 Å². The third kappa shape index (κ3) is 1.74. The average molecular weight is 232 g/mol. The van der Waals surface area contributed by atoms with Gasteiger partial charge in [-0.3, -0.25) is 0 Å². The first-order valence-electron chi connectivity index (χ1n) is 4.05. The molecule has 2 aromatic rings. The van der Waals surface area contributed by atoms with E-state index in [1.165, 1.54) is 24.5 Å². The Kier molecular flexibility index (Phi) is 2.46. The SMILES string of the molecule is OP(O)C(F)(F)c1ccc2occc2c1. The van der Waals surface area contributed by atoms with Crippen LogP contribution in [0.1, 0.15) is 5.56 Å². The van der Waals surface area contributed by atoms with Crippen LogP contribution in [0.25, 0.3) is 11.0 Å². The third-order valence-electron chi connectivity index (χ3n) is 2.05. The van der Waals surface area contributed by atoms with Crippen molar-refractivity contribution in [2.45, 2.75) is 5.66 Å². The van der Waals surface area contributed by atoms with E-state index in [2.05, 4.69) is 0 Å². The van der Waals surface area contributed by atoms with Crippen LogP contribution < -0.4 is 0 Å². The van der Waals surface area contributed by atoms with Gasteiger partial charge in [-0.1, -0.05) is 0 Å². The molecule has 2 rings (SSSR count). The van der Waals surface area contributed by atoms with Crippen molar-refractivity contribution in [1.82, 2.24) is 0 Å². The largest absolute Gasteiger partial charge is 0.464 e. The number of hydrogen-bond acceptors (Lipinski definition) is 3. The first-order chi connectivity index (χ1) is 7.01. The second-order valence-corrected chi connectivity index (χ2v) is 4.14. The highest BCUT2D eigenvalue weighted by atomic mass is 31.2. The summed E-state index contributed by atoms with van der Waals surface area (Å²) in [5.41, 5.74) is -3.55. The van der Waals surface area contributed by atoms with Crippen molar-refractivity contribution in [3.05, 3.63) is 36.1 Å². The van der Waals surface area contributed by atoms with E-state index in [1.807, 2.05) is 0 Å². The Morgan fingerprint density at radius 2 is 1.93 bits per heavy atom. The smallest absolute Gasteiger partial charge is 0.339 e. The summed E-state index contributed by atoms with van der Waals surface area (Å²) in [7, 11) is -3.32. The molecule has 0 atom stereocenters. The lowest BCUT2D eigenvalue weighted by Crippen LogP contribution is -2.10. The molecule has 0 aliphatic heterocycles. The Bertz CT molecular complexity index is 481. The molecule has 80 valence electrons. The van der Waals surface area contributed by atoms with E-state index < -0.39 is 19.6 Å². The topological polar surface area (TPSA) is 53.6 Å². The van der Waals surface area contributed by atoms with Gasteiger partial charge in [0.2, 0.25) is 8.38 Å². The highest BCUT2D eigenvalue weighted by Crippen LogP contribution is 2.52. The second-order valence-electron chi connectivity index (χ2n) is 3.00. The molecule has 0 amide bonds. The lowest BCUT2D eigenvalue weighted by Gasteiger charge is -2.16. The fraction of sp³-hybridized carbons (Fsp3) is 0.111. The fourth-order valence-corrected chi connectivity index (χ4v) is 1.64. The molecule has 0 aliphatic carbocycles. The van der Waals surface area contributed by atoms with Gasteiger partial charge >= 0.3 is 5.66 Å². The van der Waals surface area contributed by atoms with Crippen LogP contribution >= 0.6 is 8.38 Å². The molecule has 0 aliphatic rings. The average Bonchev–Trinajstić information content (AvgIpc) is 2.63. The molecule has 6 heteroatoms. The van der Waals surface area contributed by atoms with E-state index in [0.29, 0.717) is 11.0 Å². The normalized spacial score (nSPS) is 12.6. The Labute approximate surface area is 84.9 Å². The van der Waals surface area contributed by atoms with Crippen LogP contribution in [-0.4, -0.2) is 9.79 Å². The zero-order valence-electron chi connectivity index (χ0n) is 7.39. The van der Waals surface area contributed by atoms with Crippen molar-refractivity contribution >= 4 is 19.3 Å². The van der Waals surface area contributed by atoms with Crippen molar-refractivity contribution < 1.29 is 23.0 Å². The Morgan fingerprint density at radius 3 is 2.60 bits per heavy atom. The molecular formula is C9H7F2O3P. The van der Waals surface area contributed by atoms with Gasteiger partial charge in [0.15, 0.2) is 0 Å². The van der Waals surface area contributed by atoms with Gasteiger partial charge in [-0.2, -0.15) is 8.78 Å². The molecule has 0 radical (unpaired) electrons. The van der Waals surface area contributed by atoms with Crippen molar-refractivity contribution in [3.63, 3.8) is 0 Å². The van der Waals surface area contributed by atoms with Crippen LogP contribution in [0, 0.1) is 0 Å². The number of rotatable bonds is 2. The standard InChI is InChI=1S/C9H7F2O3P/c10-9(11,15(12)13)7-1-2-8-6(5-7)3-4-14-8/h1-5,12-13H. The maximum absolute atomic E-state index is 13.2. The minimum Gasteiger partial charge on any atom is -0.464 e. The molecule has 15 heavy (non-hydrogen) atoms. The molecule has 0 saturated heterocycles. The molecule has 0 fully saturated rings. The van der Waals surface area contributed by atoms with Gasteiger partial charge in [0.05, 0.1) is 6.26 Å². The maximum Gasteiger partial charge on any atom is 0.339 e. The number of benzene rings is 1. The van der Waals surface area contributed by atoms with Gasteiger partial charge < -0.3 is 14.2 Å². The lowest BCUT2D eigenvalue weighted by atomic mass is 10.2. The number of furan rings is 1. The summed E-state index contributed by atoms with van der Waals surface area (Å²) in [5, 5.41) is 0.504. The molecule has 0 bridgehead atoms. The molecule has 0 saturated carbocycles. The molecule has 1 heterocycles. The molecule has 1 aromatic carbocycles. The number of halogens is 2. The van der Waals surface area contributed by atoms with Gasteiger partial charge in [-0.05, 0) is 24.3 Å². The molecule has 1 aromatic heterocycles. The quantitative estimate of drug-likeness (QED) is 0.782. The van der Waals surface area contributed by atoms with Crippen molar-refractivity contribution in [1.29, 1.82) is 0 Å². The molecule has 0 spiro atoms. The van der Waals surface area contributed by atoms with Crippen molar-refractivity contribution in [2.75, 3.05) is 0 Å². The van der Waals surface area contributed by atoms with E-state index in [9.17, 15) is 8.78 Å². The van der Waals surface area contributed by atoms with Gasteiger partial charge in [0.1, 0.15) is 5.58 Å². The monoisotopic (exact) mass is 232 g/mol. The molecule has 3 nitrogen and oxygen atoms in total. The van der Waals surface area contributed by atoms with Gasteiger partial charge in [0.25, 0.3) is 0 Å². The van der Waals surface area contributed by atoms with Crippen LogP contribution in [0.15, 0.2) is 34.9 Å². The summed E-state index contributed by atoms with van der Waals surface area (Å²) < 4.78 is 31.4. The van der Waals surface area contributed by atoms with Crippen molar-refractivity contribution in [3.8, 4) is 0 Å². The first kappa shape index (κ1) is 10.5. The zero-order chi connectivity index (χ0) is 11.1.